The molecule has 0 fully saturated rings. The van der Waals surface area contributed by atoms with Gasteiger partial charge in [0.2, 0.25) is 0 Å². The van der Waals surface area contributed by atoms with Crippen molar-refractivity contribution in [2.45, 2.75) is 20.4 Å². The van der Waals surface area contributed by atoms with Crippen LogP contribution in [0.15, 0.2) is 48.7 Å². The molecule has 5 heteroatoms. The van der Waals surface area contributed by atoms with Gasteiger partial charge in [-0.05, 0) is 37.6 Å². The van der Waals surface area contributed by atoms with Gasteiger partial charge < -0.3 is 15.2 Å². The molecule has 2 aromatic carbocycles. The average molecular weight is 328 g/mol. The maximum absolute atomic E-state index is 12.2. The van der Waals surface area contributed by atoms with Crippen molar-refractivity contribution >= 4 is 39.9 Å². The predicted octanol–water partition coefficient (Wildman–Crippen LogP) is 5.27. The minimum Gasteiger partial charge on any atom is -0.346 e. The number of benzene rings is 2. The molecule has 0 aliphatic rings. The molecule has 118 valence electrons. The van der Waals surface area contributed by atoms with E-state index in [0.29, 0.717) is 10.7 Å². The van der Waals surface area contributed by atoms with Crippen molar-refractivity contribution in [3.05, 3.63) is 59.2 Å². The van der Waals surface area contributed by atoms with Crippen molar-refractivity contribution in [1.82, 2.24) is 4.57 Å². The summed E-state index contributed by atoms with van der Waals surface area (Å²) >= 11 is 6.08. The van der Waals surface area contributed by atoms with E-state index in [9.17, 15) is 4.79 Å². The Kier molecular flexibility index (Phi) is 4.26. The van der Waals surface area contributed by atoms with Gasteiger partial charge in [0.05, 0.1) is 11.2 Å². The Hall–Kier alpha value is -2.46. The molecule has 0 atom stereocenters. The van der Waals surface area contributed by atoms with Crippen molar-refractivity contribution in [2.75, 3.05) is 10.6 Å². The number of anilines is 2. The molecule has 1 heterocycles. The largest absolute Gasteiger partial charge is 0.346 e. The Labute approximate surface area is 140 Å². The van der Waals surface area contributed by atoms with Gasteiger partial charge in [-0.3, -0.25) is 0 Å². The average Bonchev–Trinajstić information content (AvgIpc) is 2.89. The number of aryl methyl sites for hydroxylation is 2. The molecular weight excluding hydrogens is 310 g/mol. The highest BCUT2D eigenvalue weighted by molar-refractivity contribution is 6.31. The molecule has 2 N–H and O–H groups in total. The van der Waals surface area contributed by atoms with Crippen molar-refractivity contribution < 1.29 is 4.79 Å². The molecule has 0 saturated carbocycles. The predicted molar refractivity (Wildman–Crippen MR) is 96.4 cm³/mol. The smallest absolute Gasteiger partial charge is 0.323 e. The second kappa shape index (κ2) is 6.34. The third-order valence-corrected chi connectivity index (χ3v) is 4.21. The SMILES string of the molecule is CCn1cc(NC(=O)Nc2ccc(C)c(Cl)c2)c2ccccc21. The molecule has 3 rings (SSSR count). The van der Waals surface area contributed by atoms with Crippen LogP contribution < -0.4 is 10.6 Å². The lowest BCUT2D eigenvalue weighted by Crippen LogP contribution is -2.19. The lowest BCUT2D eigenvalue weighted by Gasteiger charge is -2.08. The Morgan fingerprint density at radius 2 is 1.96 bits per heavy atom. The number of para-hydroxylation sites is 1. The van der Waals surface area contributed by atoms with E-state index < -0.39 is 0 Å². The van der Waals surface area contributed by atoms with Crippen molar-refractivity contribution in [3.63, 3.8) is 0 Å². The van der Waals surface area contributed by atoms with Gasteiger partial charge >= 0.3 is 6.03 Å². The number of hydrogen-bond donors (Lipinski definition) is 2. The quantitative estimate of drug-likeness (QED) is 0.676. The van der Waals surface area contributed by atoms with Crippen molar-refractivity contribution in [1.29, 1.82) is 0 Å². The number of carbonyl (C=O) groups excluding carboxylic acids is 1. The van der Waals surface area contributed by atoms with Crippen LogP contribution in [0.25, 0.3) is 10.9 Å². The van der Waals surface area contributed by atoms with E-state index >= 15 is 0 Å². The summed E-state index contributed by atoms with van der Waals surface area (Å²) in [7, 11) is 0. The highest BCUT2D eigenvalue weighted by Crippen LogP contribution is 2.26. The maximum atomic E-state index is 12.2. The molecule has 2 amide bonds. The minimum atomic E-state index is -0.288. The standard InChI is InChI=1S/C18H18ClN3O/c1-3-22-11-16(14-6-4-5-7-17(14)22)21-18(23)20-13-9-8-12(2)15(19)10-13/h4-11H,3H2,1-2H3,(H2,20,21,23). The van der Waals surface area contributed by atoms with Crippen LogP contribution in [0.3, 0.4) is 0 Å². The molecule has 0 bridgehead atoms. The number of aromatic nitrogens is 1. The van der Waals surface area contributed by atoms with Crippen LogP contribution in [0.5, 0.6) is 0 Å². The van der Waals surface area contributed by atoms with E-state index in [4.69, 9.17) is 11.6 Å². The first kappa shape index (κ1) is 15.4. The molecule has 0 spiro atoms. The van der Waals surface area contributed by atoms with Crippen LogP contribution in [0.4, 0.5) is 16.2 Å². The van der Waals surface area contributed by atoms with Gasteiger partial charge in [0.25, 0.3) is 0 Å². The van der Waals surface area contributed by atoms with Gasteiger partial charge in [0.15, 0.2) is 0 Å². The van der Waals surface area contributed by atoms with Crippen molar-refractivity contribution in [2.24, 2.45) is 0 Å². The zero-order chi connectivity index (χ0) is 16.4. The summed E-state index contributed by atoms with van der Waals surface area (Å²) in [5.74, 6) is 0. The first-order valence-electron chi connectivity index (χ1n) is 7.50. The van der Waals surface area contributed by atoms with Crippen LogP contribution in [-0.4, -0.2) is 10.6 Å². The molecule has 23 heavy (non-hydrogen) atoms. The van der Waals surface area contributed by atoms with Gasteiger partial charge in [-0.2, -0.15) is 0 Å². The highest BCUT2D eigenvalue weighted by atomic mass is 35.5. The summed E-state index contributed by atoms with van der Waals surface area (Å²) in [4.78, 5) is 12.2. The Morgan fingerprint density at radius 3 is 2.70 bits per heavy atom. The van der Waals surface area contributed by atoms with Crippen LogP contribution in [0.2, 0.25) is 5.02 Å². The molecule has 1 aromatic heterocycles. The van der Waals surface area contributed by atoms with Gasteiger partial charge in [-0.25, -0.2) is 4.79 Å². The van der Waals surface area contributed by atoms with Gasteiger partial charge in [0.1, 0.15) is 0 Å². The van der Waals surface area contributed by atoms with Gasteiger partial charge in [0, 0.05) is 28.8 Å². The van der Waals surface area contributed by atoms with E-state index in [1.54, 1.807) is 6.07 Å². The number of nitrogens with one attached hydrogen (secondary N) is 2. The number of hydrogen-bond acceptors (Lipinski definition) is 1. The fourth-order valence-electron chi connectivity index (χ4n) is 2.56. The molecule has 0 aliphatic heterocycles. The number of nitrogens with zero attached hydrogens (tertiary/aromatic N) is 1. The number of halogens is 1. The van der Waals surface area contributed by atoms with E-state index in [1.807, 2.05) is 49.5 Å². The van der Waals surface area contributed by atoms with E-state index in [-0.39, 0.29) is 6.03 Å². The van der Waals surface area contributed by atoms with Crippen molar-refractivity contribution in [3.8, 4) is 0 Å². The number of amides is 2. The van der Waals surface area contributed by atoms with Gasteiger partial charge in [-0.15, -0.1) is 0 Å². The lowest BCUT2D eigenvalue weighted by atomic mass is 10.2. The monoisotopic (exact) mass is 327 g/mol. The first-order chi connectivity index (χ1) is 11.1. The molecule has 0 unspecified atom stereocenters. The summed E-state index contributed by atoms with van der Waals surface area (Å²) in [6.45, 7) is 4.84. The Balaban J connectivity index is 1.81. The summed E-state index contributed by atoms with van der Waals surface area (Å²) < 4.78 is 2.10. The number of fused-ring (bicyclic) bond motifs is 1. The van der Waals surface area contributed by atoms with Crippen LogP contribution >= 0.6 is 11.6 Å². The number of carbonyl (C=O) groups is 1. The molecule has 4 nitrogen and oxygen atoms in total. The number of urea groups is 1. The highest BCUT2D eigenvalue weighted by Gasteiger charge is 2.10. The summed E-state index contributed by atoms with van der Waals surface area (Å²) in [5, 5.41) is 7.36. The first-order valence-corrected chi connectivity index (χ1v) is 7.88. The zero-order valence-corrected chi connectivity index (χ0v) is 13.8. The van der Waals surface area contributed by atoms with E-state index in [2.05, 4.69) is 22.1 Å². The summed E-state index contributed by atoms with van der Waals surface area (Å²) in [6, 6.07) is 13.2. The second-order valence-corrected chi connectivity index (χ2v) is 5.80. The van der Waals surface area contributed by atoms with Crippen LogP contribution in [-0.2, 0) is 6.54 Å². The second-order valence-electron chi connectivity index (χ2n) is 5.39. The normalized spacial score (nSPS) is 10.7. The molecule has 3 aromatic rings. The fraction of sp³-hybridized carbons (Fsp3) is 0.167. The molecule has 0 radical (unpaired) electrons. The third-order valence-electron chi connectivity index (χ3n) is 3.81. The molecular formula is C18H18ClN3O. The lowest BCUT2D eigenvalue weighted by molar-refractivity contribution is 0.262. The fourth-order valence-corrected chi connectivity index (χ4v) is 2.74. The van der Waals surface area contributed by atoms with Gasteiger partial charge in [-0.1, -0.05) is 35.9 Å². The summed E-state index contributed by atoms with van der Waals surface area (Å²) in [5.41, 5.74) is 3.53. The summed E-state index contributed by atoms with van der Waals surface area (Å²) in [6.07, 6.45) is 1.95. The van der Waals surface area contributed by atoms with E-state index in [0.717, 1.165) is 28.7 Å². The van der Waals surface area contributed by atoms with Crippen LogP contribution in [0, 0.1) is 6.92 Å². The maximum Gasteiger partial charge on any atom is 0.323 e. The zero-order valence-electron chi connectivity index (χ0n) is 13.1. The topological polar surface area (TPSA) is 46.1 Å². The third kappa shape index (κ3) is 3.17. The minimum absolute atomic E-state index is 0.288. The number of rotatable bonds is 3. The Bertz CT molecular complexity index is 870. The Morgan fingerprint density at radius 1 is 1.17 bits per heavy atom. The van der Waals surface area contributed by atoms with Crippen LogP contribution in [0.1, 0.15) is 12.5 Å². The van der Waals surface area contributed by atoms with E-state index in [1.165, 1.54) is 0 Å². The molecule has 0 aliphatic carbocycles. The molecule has 0 saturated heterocycles.